The number of carbonyl (C=O) groups excluding carboxylic acids is 2. The van der Waals surface area contributed by atoms with Crippen LogP contribution in [0.3, 0.4) is 0 Å². The second-order valence-corrected chi connectivity index (χ2v) is 10.4. The topological polar surface area (TPSA) is 68.2 Å². The number of hydrogen-bond donors (Lipinski definition) is 1. The predicted molar refractivity (Wildman–Crippen MR) is 128 cm³/mol. The molecule has 1 aliphatic carbocycles. The second kappa shape index (κ2) is 9.35. The van der Waals surface area contributed by atoms with E-state index in [0.29, 0.717) is 25.3 Å². The highest BCUT2D eigenvalue weighted by atomic mass is 16.2. The lowest BCUT2D eigenvalue weighted by molar-refractivity contribution is -0.156. The summed E-state index contributed by atoms with van der Waals surface area (Å²) >= 11 is 0. The molecule has 7 heteroatoms. The van der Waals surface area contributed by atoms with Gasteiger partial charge in [0, 0.05) is 38.5 Å². The minimum absolute atomic E-state index is 0.0184. The smallest absolute Gasteiger partial charge is 0.231 e. The molecule has 1 aromatic rings. The number of hydrogen-bond acceptors (Lipinski definition) is 5. The molecule has 1 aromatic carbocycles. The molecule has 178 valence electrons. The van der Waals surface area contributed by atoms with Crippen molar-refractivity contribution in [2.75, 3.05) is 13.1 Å². The molecule has 2 saturated heterocycles. The van der Waals surface area contributed by atoms with Crippen LogP contribution in [0.5, 0.6) is 0 Å². The number of aryl methyl sites for hydroxylation is 1. The van der Waals surface area contributed by atoms with Gasteiger partial charge in [-0.1, -0.05) is 49.6 Å². The van der Waals surface area contributed by atoms with Gasteiger partial charge < -0.3 is 9.80 Å². The van der Waals surface area contributed by atoms with Crippen LogP contribution in [-0.2, 0) is 16.1 Å². The van der Waals surface area contributed by atoms with Crippen molar-refractivity contribution in [2.24, 2.45) is 16.9 Å². The van der Waals surface area contributed by atoms with E-state index in [1.165, 1.54) is 5.56 Å². The van der Waals surface area contributed by atoms with Gasteiger partial charge in [0.2, 0.25) is 11.8 Å². The fourth-order valence-corrected chi connectivity index (χ4v) is 5.93. The number of piperidine rings is 1. The van der Waals surface area contributed by atoms with Gasteiger partial charge in [-0.05, 0) is 44.1 Å². The minimum atomic E-state index is -0.251. The molecule has 3 aliphatic heterocycles. The maximum atomic E-state index is 13.5. The maximum absolute atomic E-state index is 13.5. The van der Waals surface area contributed by atoms with Crippen molar-refractivity contribution in [1.82, 2.24) is 20.1 Å². The van der Waals surface area contributed by atoms with E-state index in [2.05, 4.69) is 53.5 Å². The molecular weight excluding hydrogens is 414 g/mol. The SMILES string of the molecule is Cc1ccc(CN2C(=O)C3CCCCC3N3C(CCC(=O)N4CCC(C)CC4)=NNC23)cc1. The number of nitrogens with zero attached hydrogens (tertiary/aromatic N) is 4. The molecule has 3 unspecified atom stereocenters. The molecule has 0 aromatic heterocycles. The Morgan fingerprint density at radius 1 is 1.09 bits per heavy atom. The molecule has 7 nitrogen and oxygen atoms in total. The molecule has 1 saturated carbocycles. The molecule has 1 N–H and O–H groups in total. The molecule has 33 heavy (non-hydrogen) atoms. The van der Waals surface area contributed by atoms with E-state index in [1.54, 1.807) is 0 Å². The minimum Gasteiger partial charge on any atom is -0.343 e. The largest absolute Gasteiger partial charge is 0.343 e. The first-order valence-electron chi connectivity index (χ1n) is 12.8. The van der Waals surface area contributed by atoms with Gasteiger partial charge in [0.25, 0.3) is 0 Å². The van der Waals surface area contributed by atoms with Gasteiger partial charge in [0.05, 0.1) is 5.92 Å². The number of rotatable bonds is 5. The first kappa shape index (κ1) is 22.2. The molecule has 3 heterocycles. The summed E-state index contributed by atoms with van der Waals surface area (Å²) in [6.07, 6.45) is 7.28. The number of hydrazone groups is 1. The van der Waals surface area contributed by atoms with Crippen molar-refractivity contribution in [3.05, 3.63) is 35.4 Å². The van der Waals surface area contributed by atoms with E-state index < -0.39 is 0 Å². The van der Waals surface area contributed by atoms with E-state index in [-0.39, 0.29) is 30.1 Å². The van der Waals surface area contributed by atoms with E-state index in [9.17, 15) is 9.59 Å². The van der Waals surface area contributed by atoms with Crippen LogP contribution in [0.1, 0.15) is 69.4 Å². The van der Waals surface area contributed by atoms with Crippen LogP contribution < -0.4 is 5.43 Å². The Hall–Kier alpha value is -2.57. The third-order valence-corrected chi connectivity index (χ3v) is 8.03. The van der Waals surface area contributed by atoms with Gasteiger partial charge in [0.1, 0.15) is 5.84 Å². The molecule has 0 spiro atoms. The lowest BCUT2D eigenvalue weighted by Crippen LogP contribution is -2.67. The van der Waals surface area contributed by atoms with E-state index in [1.807, 2.05) is 9.80 Å². The Labute approximate surface area is 197 Å². The third kappa shape index (κ3) is 4.46. The highest BCUT2D eigenvalue weighted by molar-refractivity contribution is 5.91. The highest BCUT2D eigenvalue weighted by Crippen LogP contribution is 2.38. The van der Waals surface area contributed by atoms with E-state index >= 15 is 0 Å². The molecule has 2 amide bonds. The second-order valence-electron chi connectivity index (χ2n) is 10.4. The number of amidine groups is 1. The van der Waals surface area contributed by atoms with Crippen molar-refractivity contribution in [2.45, 2.75) is 84.1 Å². The van der Waals surface area contributed by atoms with Gasteiger partial charge >= 0.3 is 0 Å². The standard InChI is InChI=1S/C26H37N5O2/c1-18-7-9-20(10-8-18)17-30-25(33)21-5-3-4-6-22(21)31-23(27-28-26(30)31)11-12-24(32)29-15-13-19(2)14-16-29/h7-10,19,21-22,26,28H,3-6,11-17H2,1-2H3. The van der Waals surface area contributed by atoms with Gasteiger partial charge in [-0.2, -0.15) is 5.10 Å². The van der Waals surface area contributed by atoms with Gasteiger partial charge in [-0.25, -0.2) is 0 Å². The molecule has 3 fully saturated rings. The molecular formula is C26H37N5O2. The summed E-state index contributed by atoms with van der Waals surface area (Å²) in [6, 6.07) is 8.60. The zero-order valence-electron chi connectivity index (χ0n) is 20.0. The Kier molecular flexibility index (Phi) is 6.30. The zero-order valence-corrected chi connectivity index (χ0v) is 20.0. The average molecular weight is 452 g/mol. The highest BCUT2D eigenvalue weighted by Gasteiger charge is 2.50. The fourth-order valence-electron chi connectivity index (χ4n) is 5.93. The molecule has 3 atom stereocenters. The predicted octanol–water partition coefficient (Wildman–Crippen LogP) is 3.44. The Balaban J connectivity index is 1.30. The maximum Gasteiger partial charge on any atom is 0.231 e. The quantitative estimate of drug-likeness (QED) is 0.745. The zero-order chi connectivity index (χ0) is 22.9. The first-order valence-corrected chi connectivity index (χ1v) is 12.8. The lowest BCUT2D eigenvalue weighted by Gasteiger charge is -2.50. The number of likely N-dealkylation sites (tertiary alicyclic amines) is 1. The van der Waals surface area contributed by atoms with Crippen LogP contribution >= 0.6 is 0 Å². The van der Waals surface area contributed by atoms with Crippen molar-refractivity contribution < 1.29 is 9.59 Å². The summed E-state index contributed by atoms with van der Waals surface area (Å²) < 4.78 is 0. The molecule has 4 aliphatic rings. The number of carbonyl (C=O) groups is 2. The normalized spacial score (nSPS) is 27.7. The number of fused-ring (bicyclic) bond motifs is 3. The molecule has 0 radical (unpaired) electrons. The summed E-state index contributed by atoms with van der Waals surface area (Å²) in [5.41, 5.74) is 5.61. The number of amides is 2. The number of nitrogens with one attached hydrogen (secondary N) is 1. The van der Waals surface area contributed by atoms with Crippen LogP contribution in [0.2, 0.25) is 0 Å². The first-order chi connectivity index (χ1) is 16.0. The molecule has 5 rings (SSSR count). The monoisotopic (exact) mass is 451 g/mol. The summed E-state index contributed by atoms with van der Waals surface area (Å²) in [5.74, 6) is 2.15. The third-order valence-electron chi connectivity index (χ3n) is 8.03. The lowest BCUT2D eigenvalue weighted by atomic mass is 9.80. The summed E-state index contributed by atoms with van der Waals surface area (Å²) in [6.45, 7) is 6.67. The van der Waals surface area contributed by atoms with Crippen LogP contribution in [0.25, 0.3) is 0 Å². The van der Waals surface area contributed by atoms with Crippen molar-refractivity contribution >= 4 is 17.6 Å². The van der Waals surface area contributed by atoms with Crippen molar-refractivity contribution in [3.63, 3.8) is 0 Å². The Morgan fingerprint density at radius 3 is 2.58 bits per heavy atom. The van der Waals surface area contributed by atoms with Crippen LogP contribution in [-0.4, -0.2) is 57.8 Å². The number of benzene rings is 1. The van der Waals surface area contributed by atoms with Crippen LogP contribution in [0.15, 0.2) is 29.4 Å². The molecule has 0 bridgehead atoms. The van der Waals surface area contributed by atoms with E-state index in [0.717, 1.165) is 63.0 Å². The van der Waals surface area contributed by atoms with Gasteiger partial charge in [0.15, 0.2) is 6.29 Å². The van der Waals surface area contributed by atoms with Crippen molar-refractivity contribution in [3.8, 4) is 0 Å². The van der Waals surface area contributed by atoms with Crippen molar-refractivity contribution in [1.29, 1.82) is 0 Å². The van der Waals surface area contributed by atoms with Gasteiger partial charge in [-0.3, -0.25) is 19.9 Å². The van der Waals surface area contributed by atoms with Gasteiger partial charge in [-0.15, -0.1) is 0 Å². The summed E-state index contributed by atoms with van der Waals surface area (Å²) in [4.78, 5) is 32.7. The average Bonchev–Trinajstić information content (AvgIpc) is 3.26. The summed E-state index contributed by atoms with van der Waals surface area (Å²) in [5, 5.41) is 4.67. The van der Waals surface area contributed by atoms with Crippen LogP contribution in [0, 0.1) is 18.8 Å². The Bertz CT molecular complexity index is 906. The van der Waals surface area contributed by atoms with E-state index in [4.69, 9.17) is 0 Å². The van der Waals surface area contributed by atoms with Crippen LogP contribution in [0.4, 0.5) is 0 Å². The Morgan fingerprint density at radius 2 is 1.82 bits per heavy atom. The summed E-state index contributed by atoms with van der Waals surface area (Å²) in [7, 11) is 0. The fraction of sp³-hybridized carbons (Fsp3) is 0.654.